The van der Waals surface area contributed by atoms with E-state index in [1.165, 1.54) is 18.3 Å². The van der Waals surface area contributed by atoms with Gasteiger partial charge in [-0.1, -0.05) is 25.4 Å². The monoisotopic (exact) mass is 333 g/mol. The van der Waals surface area contributed by atoms with Crippen LogP contribution in [0.1, 0.15) is 25.1 Å². The molecule has 2 aromatic heterocycles. The summed E-state index contributed by atoms with van der Waals surface area (Å²) >= 11 is 5.75. The van der Waals surface area contributed by atoms with E-state index in [1.807, 2.05) is 13.0 Å². The predicted octanol–water partition coefficient (Wildman–Crippen LogP) is 3.96. The molecular formula is C17H17ClFN3O. The van der Waals surface area contributed by atoms with Gasteiger partial charge in [0.2, 0.25) is 0 Å². The van der Waals surface area contributed by atoms with Gasteiger partial charge in [0, 0.05) is 18.1 Å². The van der Waals surface area contributed by atoms with Crippen LogP contribution in [-0.2, 0) is 6.42 Å². The molecule has 1 aromatic carbocycles. The molecule has 0 aliphatic heterocycles. The van der Waals surface area contributed by atoms with Gasteiger partial charge in [-0.15, -0.1) is 0 Å². The molecule has 0 bridgehead atoms. The third-order valence-corrected chi connectivity index (χ3v) is 3.93. The highest BCUT2D eigenvalue weighted by Crippen LogP contribution is 2.24. The SMILES string of the molecule is Cc1cc2c(c(CC(C)C)nn2-c2ccc(Cl)c(F)c2)[n+]([O-])c1. The summed E-state index contributed by atoms with van der Waals surface area (Å²) in [6.07, 6.45) is 2.20. The van der Waals surface area contributed by atoms with Crippen LogP contribution in [-0.4, -0.2) is 9.78 Å². The molecule has 3 aromatic rings. The van der Waals surface area contributed by atoms with Gasteiger partial charge in [0.25, 0.3) is 5.52 Å². The third-order valence-electron chi connectivity index (χ3n) is 3.62. The van der Waals surface area contributed by atoms with Gasteiger partial charge in [-0.25, -0.2) is 9.07 Å². The Hall–Kier alpha value is -2.14. The summed E-state index contributed by atoms with van der Waals surface area (Å²) in [5.74, 6) is -0.161. The van der Waals surface area contributed by atoms with Crippen LogP contribution >= 0.6 is 11.6 Å². The number of rotatable bonds is 3. The zero-order valence-corrected chi connectivity index (χ0v) is 13.9. The molecule has 4 nitrogen and oxygen atoms in total. The van der Waals surface area contributed by atoms with E-state index in [-0.39, 0.29) is 5.02 Å². The Kier molecular flexibility index (Phi) is 3.98. The van der Waals surface area contributed by atoms with Crippen LogP contribution in [0.15, 0.2) is 30.5 Å². The molecular weight excluding hydrogens is 317 g/mol. The molecule has 23 heavy (non-hydrogen) atoms. The second-order valence-corrected chi connectivity index (χ2v) is 6.54. The molecule has 0 unspecified atom stereocenters. The summed E-state index contributed by atoms with van der Waals surface area (Å²) in [6, 6.07) is 6.38. The Balaban J connectivity index is 2.29. The highest BCUT2D eigenvalue weighted by atomic mass is 35.5. The molecule has 0 radical (unpaired) electrons. The van der Waals surface area contributed by atoms with E-state index >= 15 is 0 Å². The maximum atomic E-state index is 13.8. The Bertz CT molecular complexity index is 889. The maximum absolute atomic E-state index is 13.8. The van der Waals surface area contributed by atoms with Gasteiger partial charge in [-0.05, 0) is 31.0 Å². The fourth-order valence-corrected chi connectivity index (χ4v) is 2.80. The van der Waals surface area contributed by atoms with Gasteiger partial charge >= 0.3 is 0 Å². The van der Waals surface area contributed by atoms with E-state index in [1.54, 1.807) is 10.7 Å². The molecule has 0 amide bonds. The summed E-state index contributed by atoms with van der Waals surface area (Å²) < 4.78 is 16.3. The lowest BCUT2D eigenvalue weighted by Crippen LogP contribution is -2.27. The standard InChI is InChI=1S/C17H17ClFN3O/c1-10(2)6-15-17-16(7-11(3)9-21(17)23)22(20-15)12-4-5-13(18)14(19)8-12/h4-5,7-10H,6H2,1-3H3. The molecule has 0 saturated heterocycles. The van der Waals surface area contributed by atoms with Crippen molar-refractivity contribution in [2.45, 2.75) is 27.2 Å². The van der Waals surface area contributed by atoms with E-state index in [0.29, 0.717) is 34.8 Å². The fraction of sp³-hybridized carbons (Fsp3) is 0.294. The summed E-state index contributed by atoms with van der Waals surface area (Å²) in [7, 11) is 0. The van der Waals surface area contributed by atoms with Crippen molar-refractivity contribution in [2.75, 3.05) is 0 Å². The quantitative estimate of drug-likeness (QED) is 0.538. The molecule has 6 heteroatoms. The van der Waals surface area contributed by atoms with Crippen LogP contribution in [0.4, 0.5) is 4.39 Å². The Morgan fingerprint density at radius 3 is 2.74 bits per heavy atom. The lowest BCUT2D eigenvalue weighted by molar-refractivity contribution is -0.577. The third kappa shape index (κ3) is 2.88. The highest BCUT2D eigenvalue weighted by molar-refractivity contribution is 6.30. The summed E-state index contributed by atoms with van der Waals surface area (Å²) in [4.78, 5) is 0. The number of pyridine rings is 1. The number of halogens is 2. The summed E-state index contributed by atoms with van der Waals surface area (Å²) in [5.41, 5.74) is 3.26. The van der Waals surface area contributed by atoms with E-state index < -0.39 is 5.82 Å². The van der Waals surface area contributed by atoms with Gasteiger partial charge in [-0.2, -0.15) is 9.83 Å². The first-order chi connectivity index (χ1) is 10.9. The minimum atomic E-state index is -0.513. The number of fused-ring (bicyclic) bond motifs is 1. The number of aryl methyl sites for hydroxylation is 1. The van der Waals surface area contributed by atoms with Gasteiger partial charge in [-0.3, -0.25) is 0 Å². The molecule has 0 atom stereocenters. The summed E-state index contributed by atoms with van der Waals surface area (Å²) in [5, 5.41) is 17.0. The Labute approximate surface area is 138 Å². The number of aromatic nitrogens is 3. The van der Waals surface area contributed by atoms with Crippen molar-refractivity contribution >= 4 is 22.6 Å². The minimum absolute atomic E-state index is 0.0580. The average molecular weight is 334 g/mol. The zero-order valence-electron chi connectivity index (χ0n) is 13.2. The van der Waals surface area contributed by atoms with Crippen molar-refractivity contribution in [3.63, 3.8) is 0 Å². The van der Waals surface area contributed by atoms with Crippen LogP contribution < -0.4 is 4.73 Å². The van der Waals surface area contributed by atoms with Gasteiger partial charge in [0.1, 0.15) is 17.0 Å². The van der Waals surface area contributed by atoms with Crippen molar-refractivity contribution < 1.29 is 9.12 Å². The molecule has 0 fully saturated rings. The largest absolute Gasteiger partial charge is 0.618 e. The smallest absolute Gasteiger partial charge is 0.265 e. The lowest BCUT2D eigenvalue weighted by Gasteiger charge is -2.05. The van der Waals surface area contributed by atoms with Crippen molar-refractivity contribution in [3.8, 4) is 5.69 Å². The van der Waals surface area contributed by atoms with E-state index in [0.717, 1.165) is 10.3 Å². The topological polar surface area (TPSA) is 44.8 Å². The summed E-state index contributed by atoms with van der Waals surface area (Å²) in [6.45, 7) is 5.97. The van der Waals surface area contributed by atoms with Crippen LogP contribution in [0.3, 0.4) is 0 Å². The molecule has 0 aliphatic carbocycles. The van der Waals surface area contributed by atoms with Crippen molar-refractivity contribution in [2.24, 2.45) is 5.92 Å². The predicted molar refractivity (Wildman–Crippen MR) is 88.3 cm³/mol. The van der Waals surface area contributed by atoms with E-state index in [4.69, 9.17) is 11.6 Å². The first-order valence-electron chi connectivity index (χ1n) is 7.43. The van der Waals surface area contributed by atoms with Gasteiger partial charge < -0.3 is 5.21 Å². The minimum Gasteiger partial charge on any atom is -0.618 e. The van der Waals surface area contributed by atoms with Crippen molar-refractivity contribution in [1.82, 2.24) is 9.78 Å². The highest BCUT2D eigenvalue weighted by Gasteiger charge is 2.21. The maximum Gasteiger partial charge on any atom is 0.265 e. The second kappa shape index (κ2) is 5.81. The Morgan fingerprint density at radius 1 is 1.35 bits per heavy atom. The fourth-order valence-electron chi connectivity index (χ4n) is 2.68. The Morgan fingerprint density at radius 2 is 2.09 bits per heavy atom. The number of nitrogens with zero attached hydrogens (tertiary/aromatic N) is 3. The van der Waals surface area contributed by atoms with E-state index in [2.05, 4.69) is 18.9 Å². The first kappa shape index (κ1) is 15.7. The van der Waals surface area contributed by atoms with Crippen molar-refractivity contribution in [3.05, 3.63) is 57.8 Å². The molecule has 120 valence electrons. The molecule has 0 spiro atoms. The van der Waals surface area contributed by atoms with Crippen LogP contribution in [0.2, 0.25) is 5.02 Å². The average Bonchev–Trinajstić information content (AvgIpc) is 2.79. The van der Waals surface area contributed by atoms with Gasteiger partial charge in [0.05, 0.1) is 10.7 Å². The van der Waals surface area contributed by atoms with Crippen LogP contribution in [0, 0.1) is 23.9 Å². The molecule has 2 heterocycles. The number of hydrogen-bond donors (Lipinski definition) is 0. The molecule has 0 saturated carbocycles. The number of benzene rings is 1. The molecule has 0 N–H and O–H groups in total. The molecule has 3 rings (SSSR count). The lowest BCUT2D eigenvalue weighted by atomic mass is 10.1. The van der Waals surface area contributed by atoms with E-state index in [9.17, 15) is 9.60 Å². The number of hydrogen-bond acceptors (Lipinski definition) is 2. The second-order valence-electron chi connectivity index (χ2n) is 6.13. The van der Waals surface area contributed by atoms with Crippen LogP contribution in [0.5, 0.6) is 0 Å². The van der Waals surface area contributed by atoms with Gasteiger partial charge in [0.15, 0.2) is 6.20 Å². The first-order valence-corrected chi connectivity index (χ1v) is 7.81. The van der Waals surface area contributed by atoms with Crippen molar-refractivity contribution in [1.29, 1.82) is 0 Å². The normalized spacial score (nSPS) is 11.6. The van der Waals surface area contributed by atoms with Crippen LogP contribution in [0.25, 0.3) is 16.7 Å². The zero-order chi connectivity index (χ0) is 16.7. The molecule has 0 aliphatic rings.